The molecule has 27 heavy (non-hydrogen) atoms. The van der Waals surface area contributed by atoms with Crippen molar-refractivity contribution in [1.82, 2.24) is 5.32 Å². The second kappa shape index (κ2) is 17.0. The minimum atomic E-state index is -1.11. The minimum Gasteiger partial charge on any atom is -0.389 e. The third-order valence-corrected chi connectivity index (χ3v) is 5.06. The number of aliphatic hydroxyl groups excluding tert-OH is 3. The molecule has 7 heteroatoms. The zero-order valence-corrected chi connectivity index (χ0v) is 18.0. The largest absolute Gasteiger partial charge is 0.389 e. The van der Waals surface area contributed by atoms with Gasteiger partial charge < -0.3 is 30.1 Å². The first-order valence-corrected chi connectivity index (χ1v) is 10.6. The van der Waals surface area contributed by atoms with E-state index in [-0.39, 0.29) is 31.1 Å². The first-order valence-electron chi connectivity index (χ1n) is 10.6. The highest BCUT2D eigenvalue weighted by molar-refractivity contribution is 5.85. The van der Waals surface area contributed by atoms with Crippen molar-refractivity contribution in [3.8, 4) is 0 Å². The lowest BCUT2D eigenvalue weighted by molar-refractivity contribution is -0.107. The van der Waals surface area contributed by atoms with Crippen LogP contribution in [0.4, 0.5) is 0 Å². The molecule has 0 aliphatic carbocycles. The van der Waals surface area contributed by atoms with Crippen LogP contribution in [-0.2, 0) is 9.47 Å². The molecule has 0 bridgehead atoms. The van der Waals surface area contributed by atoms with Crippen LogP contribution >= 0.6 is 12.4 Å². The van der Waals surface area contributed by atoms with Gasteiger partial charge in [0.2, 0.25) is 0 Å². The van der Waals surface area contributed by atoms with Crippen molar-refractivity contribution in [3.05, 3.63) is 0 Å². The van der Waals surface area contributed by atoms with Crippen molar-refractivity contribution in [1.29, 1.82) is 0 Å². The Balaban J connectivity index is 0.00000676. The summed E-state index contributed by atoms with van der Waals surface area (Å²) in [5, 5.41) is 32.8. The molecule has 1 heterocycles. The summed E-state index contributed by atoms with van der Waals surface area (Å²) < 4.78 is 11.8. The van der Waals surface area contributed by atoms with Gasteiger partial charge in [0.1, 0.15) is 6.10 Å². The van der Waals surface area contributed by atoms with Crippen LogP contribution in [0.25, 0.3) is 0 Å². The summed E-state index contributed by atoms with van der Waals surface area (Å²) in [6, 6.07) is -0.294. The van der Waals surface area contributed by atoms with Gasteiger partial charge in [-0.2, -0.15) is 0 Å². The fraction of sp³-hybridized carbons (Fsp3) is 1.00. The molecule has 0 amide bonds. The van der Waals surface area contributed by atoms with Gasteiger partial charge in [-0.3, -0.25) is 0 Å². The Kier molecular flexibility index (Phi) is 17.0. The van der Waals surface area contributed by atoms with E-state index in [0.717, 1.165) is 25.9 Å². The Morgan fingerprint density at radius 3 is 2.15 bits per heavy atom. The Labute approximate surface area is 171 Å². The van der Waals surface area contributed by atoms with Crippen molar-refractivity contribution >= 4 is 12.4 Å². The summed E-state index contributed by atoms with van der Waals surface area (Å²) in [6.07, 6.45) is 6.72. The highest BCUT2D eigenvalue weighted by atomic mass is 35.5. The van der Waals surface area contributed by atoms with Crippen molar-refractivity contribution in [3.63, 3.8) is 0 Å². The fourth-order valence-corrected chi connectivity index (χ4v) is 3.29. The van der Waals surface area contributed by atoms with Gasteiger partial charge in [-0.05, 0) is 19.3 Å². The number of aliphatic hydroxyl groups is 3. The average Bonchev–Trinajstić information content (AvgIpc) is 2.64. The number of halogens is 1. The summed E-state index contributed by atoms with van der Waals surface area (Å²) >= 11 is 0. The van der Waals surface area contributed by atoms with E-state index in [1.54, 1.807) is 0 Å². The smallest absolute Gasteiger partial charge is 0.108 e. The van der Waals surface area contributed by atoms with Crippen LogP contribution in [0.5, 0.6) is 0 Å². The summed E-state index contributed by atoms with van der Waals surface area (Å²) in [7, 11) is 0. The van der Waals surface area contributed by atoms with E-state index in [4.69, 9.17) is 9.47 Å². The van der Waals surface area contributed by atoms with Gasteiger partial charge in [0.05, 0.1) is 24.9 Å². The molecule has 0 radical (unpaired) electrons. The molecule has 1 aliphatic heterocycles. The maximum absolute atomic E-state index is 10.2. The van der Waals surface area contributed by atoms with Crippen LogP contribution in [-0.4, -0.2) is 72.1 Å². The molecule has 1 aliphatic rings. The first-order chi connectivity index (χ1) is 12.6. The molecule has 1 rings (SSSR count). The summed E-state index contributed by atoms with van der Waals surface area (Å²) in [5.41, 5.74) is 0. The third-order valence-electron chi connectivity index (χ3n) is 5.06. The van der Waals surface area contributed by atoms with Crippen molar-refractivity contribution in [2.24, 2.45) is 0 Å². The van der Waals surface area contributed by atoms with E-state index in [1.165, 1.54) is 32.1 Å². The summed E-state index contributed by atoms with van der Waals surface area (Å²) in [5.74, 6) is 0. The molecule has 5 atom stereocenters. The van der Waals surface area contributed by atoms with Gasteiger partial charge in [0.25, 0.3) is 0 Å². The molecule has 0 aromatic carbocycles. The van der Waals surface area contributed by atoms with Crippen molar-refractivity contribution < 1.29 is 24.8 Å². The Morgan fingerprint density at radius 2 is 1.52 bits per heavy atom. The zero-order chi connectivity index (χ0) is 19.2. The van der Waals surface area contributed by atoms with E-state index in [0.29, 0.717) is 19.6 Å². The van der Waals surface area contributed by atoms with E-state index >= 15 is 0 Å². The second-order valence-electron chi connectivity index (χ2n) is 7.49. The minimum absolute atomic E-state index is 0. The molecule has 1 saturated heterocycles. The standard InChI is InChI=1S/C20H41NO5.ClH/c1-3-5-7-9-11-25-15-16(26-12-10-8-6-4-2)13-17-19(23)20(24)18(22)14-21-17;/h16-24H,3-15H2,1-2H3;1H/t16-,17+,18+,19-,20-;/m0./s1. The van der Waals surface area contributed by atoms with E-state index in [1.807, 2.05) is 0 Å². The summed E-state index contributed by atoms with van der Waals surface area (Å²) in [6.45, 7) is 6.59. The van der Waals surface area contributed by atoms with Crippen LogP contribution in [0.15, 0.2) is 0 Å². The van der Waals surface area contributed by atoms with Crippen LogP contribution in [0.2, 0.25) is 0 Å². The predicted molar refractivity (Wildman–Crippen MR) is 111 cm³/mol. The lowest BCUT2D eigenvalue weighted by atomic mass is 9.92. The number of β-amino-alcohol motifs (C(OH)–C–C–N with tert-alkyl or cyclic N) is 1. The highest BCUT2D eigenvalue weighted by Crippen LogP contribution is 2.17. The second-order valence-corrected chi connectivity index (χ2v) is 7.49. The van der Waals surface area contributed by atoms with Crippen LogP contribution < -0.4 is 5.32 Å². The maximum Gasteiger partial charge on any atom is 0.108 e. The number of rotatable bonds is 15. The summed E-state index contributed by atoms with van der Waals surface area (Å²) in [4.78, 5) is 0. The van der Waals surface area contributed by atoms with E-state index < -0.39 is 18.3 Å². The van der Waals surface area contributed by atoms with Crippen LogP contribution in [0, 0.1) is 0 Å². The molecule has 4 N–H and O–H groups in total. The quantitative estimate of drug-likeness (QED) is 0.309. The molecule has 0 aromatic heterocycles. The topological polar surface area (TPSA) is 91.2 Å². The molecule has 0 aromatic rings. The number of ether oxygens (including phenoxy) is 2. The molecule has 0 spiro atoms. The molecule has 1 fully saturated rings. The molecular weight excluding hydrogens is 370 g/mol. The Bertz CT molecular complexity index is 337. The lowest BCUT2D eigenvalue weighted by Gasteiger charge is -2.37. The third kappa shape index (κ3) is 11.6. The number of unbranched alkanes of at least 4 members (excludes halogenated alkanes) is 6. The Hall–Kier alpha value is 0.0500. The average molecular weight is 412 g/mol. The number of hydrogen-bond donors (Lipinski definition) is 4. The monoisotopic (exact) mass is 411 g/mol. The van der Waals surface area contributed by atoms with Gasteiger partial charge in [0, 0.05) is 25.8 Å². The lowest BCUT2D eigenvalue weighted by Crippen LogP contribution is -2.60. The molecule has 164 valence electrons. The molecule has 0 saturated carbocycles. The van der Waals surface area contributed by atoms with Crippen LogP contribution in [0.3, 0.4) is 0 Å². The normalized spacial score (nSPS) is 26.6. The highest BCUT2D eigenvalue weighted by Gasteiger charge is 2.37. The molecular formula is C20H42ClNO5. The fourth-order valence-electron chi connectivity index (χ4n) is 3.29. The van der Waals surface area contributed by atoms with Crippen molar-refractivity contribution in [2.75, 3.05) is 26.4 Å². The van der Waals surface area contributed by atoms with Crippen molar-refractivity contribution in [2.45, 2.75) is 102 Å². The molecule has 0 unspecified atom stereocenters. The predicted octanol–water partition coefficient (Wildman–Crippen LogP) is 2.42. The number of nitrogens with one attached hydrogen (secondary N) is 1. The maximum atomic E-state index is 10.2. The van der Waals surface area contributed by atoms with Gasteiger partial charge in [0.15, 0.2) is 0 Å². The van der Waals surface area contributed by atoms with E-state index in [9.17, 15) is 15.3 Å². The van der Waals surface area contributed by atoms with Gasteiger partial charge in [-0.15, -0.1) is 12.4 Å². The van der Waals surface area contributed by atoms with Gasteiger partial charge in [-0.1, -0.05) is 52.4 Å². The Morgan fingerprint density at radius 1 is 0.889 bits per heavy atom. The number of hydrogen-bond acceptors (Lipinski definition) is 6. The number of piperidine rings is 1. The molecule has 6 nitrogen and oxygen atoms in total. The zero-order valence-electron chi connectivity index (χ0n) is 17.1. The van der Waals surface area contributed by atoms with Gasteiger partial charge >= 0.3 is 0 Å². The van der Waals surface area contributed by atoms with Crippen LogP contribution in [0.1, 0.15) is 71.6 Å². The van der Waals surface area contributed by atoms with E-state index in [2.05, 4.69) is 19.2 Å². The SMILES string of the molecule is CCCCCCOC[C@H](C[C@H]1NC[C@@H](O)[C@H](O)[C@H]1O)OCCCCCC.Cl. The van der Waals surface area contributed by atoms with Gasteiger partial charge in [-0.25, -0.2) is 0 Å². The first kappa shape index (κ1) is 27.0.